The van der Waals surface area contributed by atoms with Gasteiger partial charge in [-0.25, -0.2) is 0 Å². The van der Waals surface area contributed by atoms with Crippen molar-refractivity contribution in [3.63, 3.8) is 0 Å². The molecule has 116 valence electrons. The number of likely N-dealkylation sites (N-methyl/N-ethyl adjacent to an activating group) is 1. The van der Waals surface area contributed by atoms with Crippen LogP contribution in [-0.2, 0) is 11.8 Å². The molecule has 0 amide bonds. The molecule has 1 aromatic carbocycles. The van der Waals surface area contributed by atoms with Crippen LogP contribution in [0.2, 0.25) is 0 Å². The first-order valence-electron chi connectivity index (χ1n) is 7.81. The molecule has 1 aromatic rings. The Kier molecular flexibility index (Phi) is 2.16. The van der Waals surface area contributed by atoms with Crippen molar-refractivity contribution < 1.29 is 20.1 Å². The molecule has 2 unspecified atom stereocenters. The number of rotatable bonds is 0. The summed E-state index contributed by atoms with van der Waals surface area (Å²) >= 11 is 0. The van der Waals surface area contributed by atoms with Gasteiger partial charge < -0.3 is 20.1 Å². The number of piperidine rings is 1. The van der Waals surface area contributed by atoms with Crippen molar-refractivity contribution in [1.82, 2.24) is 4.90 Å². The van der Waals surface area contributed by atoms with Crippen molar-refractivity contribution in [3.8, 4) is 11.5 Å². The van der Waals surface area contributed by atoms with Crippen molar-refractivity contribution in [2.75, 3.05) is 13.6 Å². The number of aliphatic hydroxyl groups is 2. The molecule has 2 heterocycles. The third kappa shape index (κ3) is 1.13. The van der Waals surface area contributed by atoms with Crippen LogP contribution in [0.25, 0.3) is 0 Å². The number of aromatic hydroxyl groups is 1. The minimum Gasteiger partial charge on any atom is -0.504 e. The van der Waals surface area contributed by atoms with Crippen molar-refractivity contribution in [2.24, 2.45) is 0 Å². The van der Waals surface area contributed by atoms with Gasteiger partial charge in [0.2, 0.25) is 0 Å². The maximum Gasteiger partial charge on any atom is 0.165 e. The minimum absolute atomic E-state index is 0.0425. The number of nitrogens with zero attached hydrogens (tertiary/aromatic N) is 1. The zero-order valence-electron chi connectivity index (χ0n) is 12.4. The van der Waals surface area contributed by atoms with Crippen molar-refractivity contribution in [1.29, 1.82) is 0 Å². The van der Waals surface area contributed by atoms with E-state index in [-0.39, 0.29) is 11.8 Å². The lowest BCUT2D eigenvalue weighted by Gasteiger charge is -2.61. The highest BCUT2D eigenvalue weighted by molar-refractivity contribution is 5.63. The average molecular weight is 301 g/mol. The fourth-order valence-corrected chi connectivity index (χ4v) is 5.29. The Morgan fingerprint density at radius 2 is 2.18 bits per heavy atom. The summed E-state index contributed by atoms with van der Waals surface area (Å²) < 4.78 is 5.99. The number of benzene rings is 1. The molecule has 5 rings (SSSR count). The number of aliphatic hydroxyl groups excluding tert-OH is 1. The van der Waals surface area contributed by atoms with E-state index in [9.17, 15) is 15.3 Å². The summed E-state index contributed by atoms with van der Waals surface area (Å²) in [6.07, 6.45) is 3.51. The molecule has 5 atom stereocenters. The van der Waals surface area contributed by atoms with E-state index in [1.807, 2.05) is 13.1 Å². The zero-order chi connectivity index (χ0) is 15.3. The third-order valence-corrected chi connectivity index (χ3v) is 6.28. The average Bonchev–Trinajstić information content (AvgIpc) is 2.85. The van der Waals surface area contributed by atoms with Gasteiger partial charge in [0.25, 0.3) is 0 Å². The van der Waals surface area contributed by atoms with E-state index in [1.54, 1.807) is 18.2 Å². The van der Waals surface area contributed by atoms with Gasteiger partial charge in [-0.05, 0) is 38.1 Å². The Bertz CT molecular complexity index is 717. The van der Waals surface area contributed by atoms with Crippen molar-refractivity contribution >= 4 is 0 Å². The van der Waals surface area contributed by atoms with Crippen LogP contribution < -0.4 is 4.74 Å². The predicted octanol–water partition coefficient (Wildman–Crippen LogP) is 0.313. The Morgan fingerprint density at radius 3 is 3.00 bits per heavy atom. The minimum atomic E-state index is -1.07. The van der Waals surface area contributed by atoms with Gasteiger partial charge in [0.1, 0.15) is 17.8 Å². The maximum atomic E-state index is 11.6. The monoisotopic (exact) mass is 301 g/mol. The number of ether oxygens (including phenoxy) is 1. The summed E-state index contributed by atoms with van der Waals surface area (Å²) in [4.78, 5) is 2.19. The molecule has 5 heteroatoms. The Morgan fingerprint density at radius 1 is 1.36 bits per heavy atom. The molecule has 1 fully saturated rings. The number of phenolic OH excluding ortho intramolecular Hbond substituents is 1. The molecule has 22 heavy (non-hydrogen) atoms. The molecular formula is C17H19NO4. The van der Waals surface area contributed by atoms with Crippen LogP contribution >= 0.6 is 0 Å². The highest BCUT2D eigenvalue weighted by atomic mass is 16.5. The van der Waals surface area contributed by atoms with E-state index in [4.69, 9.17) is 4.74 Å². The quantitative estimate of drug-likeness (QED) is 0.602. The van der Waals surface area contributed by atoms with Crippen molar-refractivity contribution in [2.45, 2.75) is 42.1 Å². The molecule has 3 N–H and O–H groups in total. The van der Waals surface area contributed by atoms with E-state index < -0.39 is 23.2 Å². The molecule has 0 radical (unpaired) electrons. The molecule has 0 saturated carbocycles. The normalized spacial score (nSPS) is 44.6. The van der Waals surface area contributed by atoms with Gasteiger partial charge in [-0.1, -0.05) is 18.2 Å². The molecule has 2 aliphatic heterocycles. The summed E-state index contributed by atoms with van der Waals surface area (Å²) in [5.74, 6) is 0.543. The first kappa shape index (κ1) is 12.9. The number of likely N-dealkylation sites (tertiary alicyclic amines) is 1. The van der Waals surface area contributed by atoms with E-state index in [2.05, 4.69) is 4.90 Å². The van der Waals surface area contributed by atoms with Crippen LogP contribution in [0.15, 0.2) is 24.3 Å². The van der Waals surface area contributed by atoms with Gasteiger partial charge in [-0.2, -0.15) is 0 Å². The first-order valence-corrected chi connectivity index (χ1v) is 7.81. The van der Waals surface area contributed by atoms with Crippen LogP contribution in [0.1, 0.15) is 17.5 Å². The Balaban J connectivity index is 1.89. The lowest BCUT2D eigenvalue weighted by atomic mass is 9.50. The molecule has 4 aliphatic rings. The summed E-state index contributed by atoms with van der Waals surface area (Å²) in [7, 11) is 2.03. The number of hydrogen-bond donors (Lipinski definition) is 3. The van der Waals surface area contributed by atoms with E-state index in [0.29, 0.717) is 18.6 Å². The summed E-state index contributed by atoms with van der Waals surface area (Å²) in [6, 6.07) is 3.54. The second kappa shape index (κ2) is 3.67. The number of hydrogen-bond acceptors (Lipinski definition) is 5. The van der Waals surface area contributed by atoms with Crippen LogP contribution in [0.3, 0.4) is 0 Å². The van der Waals surface area contributed by atoms with E-state index in [0.717, 1.165) is 17.7 Å². The van der Waals surface area contributed by atoms with Gasteiger partial charge in [-0.3, -0.25) is 4.90 Å². The molecule has 0 aromatic heterocycles. The molecule has 1 saturated heterocycles. The SMILES string of the molecule is CN1CC[C@]23c4c5ccc(O)c4OC2C(O)C=C[C@@]3(O)[C@H]1C5. The summed E-state index contributed by atoms with van der Waals surface area (Å²) in [5.41, 5.74) is 0.280. The van der Waals surface area contributed by atoms with E-state index >= 15 is 0 Å². The largest absolute Gasteiger partial charge is 0.504 e. The second-order valence-corrected chi connectivity index (χ2v) is 7.08. The molecule has 2 bridgehead atoms. The van der Waals surface area contributed by atoms with Crippen LogP contribution in [0.4, 0.5) is 0 Å². The van der Waals surface area contributed by atoms with Gasteiger partial charge in [-0.15, -0.1) is 0 Å². The molecule has 2 aliphatic carbocycles. The standard InChI is InChI=1S/C17H19NO4/c1-18-7-6-16-13-9-2-3-10(19)14(13)22-15(16)11(20)4-5-17(16,21)12(18)8-9/h2-5,11-12,15,19-21H,6-8H2,1H3/t11?,12-,15?,16+,17-/m1/s1. The molecular weight excluding hydrogens is 282 g/mol. The Labute approximate surface area is 128 Å². The Hall–Kier alpha value is -1.56. The lowest BCUT2D eigenvalue weighted by molar-refractivity contribution is -0.151. The fourth-order valence-electron chi connectivity index (χ4n) is 5.29. The van der Waals surface area contributed by atoms with Crippen LogP contribution in [-0.4, -0.2) is 57.7 Å². The summed E-state index contributed by atoms with van der Waals surface area (Å²) in [6.45, 7) is 0.835. The topological polar surface area (TPSA) is 73.2 Å². The van der Waals surface area contributed by atoms with Crippen LogP contribution in [0, 0.1) is 0 Å². The fraction of sp³-hybridized carbons (Fsp3) is 0.529. The third-order valence-electron chi connectivity index (χ3n) is 6.28. The first-order chi connectivity index (χ1) is 10.5. The van der Waals surface area contributed by atoms with Gasteiger partial charge >= 0.3 is 0 Å². The highest BCUT2D eigenvalue weighted by Crippen LogP contribution is 2.63. The predicted molar refractivity (Wildman–Crippen MR) is 79.0 cm³/mol. The van der Waals surface area contributed by atoms with Gasteiger partial charge in [0.15, 0.2) is 11.5 Å². The maximum absolute atomic E-state index is 11.6. The molecule has 1 spiro atoms. The molecule has 5 nitrogen and oxygen atoms in total. The lowest BCUT2D eigenvalue weighted by Crippen LogP contribution is -2.75. The second-order valence-electron chi connectivity index (χ2n) is 7.08. The number of phenols is 1. The smallest absolute Gasteiger partial charge is 0.165 e. The van der Waals surface area contributed by atoms with Gasteiger partial charge in [0, 0.05) is 11.6 Å². The van der Waals surface area contributed by atoms with Crippen LogP contribution in [0.5, 0.6) is 11.5 Å². The highest BCUT2D eigenvalue weighted by Gasteiger charge is 2.71. The summed E-state index contributed by atoms with van der Waals surface area (Å²) in [5, 5.41) is 32.2. The van der Waals surface area contributed by atoms with E-state index in [1.165, 1.54) is 0 Å². The van der Waals surface area contributed by atoms with Crippen molar-refractivity contribution in [3.05, 3.63) is 35.4 Å². The van der Waals surface area contributed by atoms with Gasteiger partial charge in [0.05, 0.1) is 5.41 Å². The zero-order valence-corrected chi connectivity index (χ0v) is 12.4.